The second-order valence-electron chi connectivity index (χ2n) is 7.14. The number of benzene rings is 1. The molecule has 3 heteroatoms. The second kappa shape index (κ2) is 7.14. The van der Waals surface area contributed by atoms with Crippen molar-refractivity contribution in [1.29, 1.82) is 0 Å². The van der Waals surface area contributed by atoms with Gasteiger partial charge in [-0.15, -0.1) is 0 Å². The monoisotopic (exact) mass is 312 g/mol. The van der Waals surface area contributed by atoms with Crippen LogP contribution in [0.1, 0.15) is 38.3 Å². The topological polar surface area (TPSA) is 48.1 Å². The molecule has 0 amide bonds. The first-order valence-corrected chi connectivity index (χ1v) is 8.22. The Balaban J connectivity index is 2.18. The van der Waals surface area contributed by atoms with Crippen LogP contribution in [-0.2, 0) is 0 Å². The molecule has 0 saturated carbocycles. The zero-order chi connectivity index (χ0) is 17.0. The van der Waals surface area contributed by atoms with Crippen LogP contribution in [0.3, 0.4) is 0 Å². The quantitative estimate of drug-likeness (QED) is 0.854. The molecule has 124 valence electrons. The largest absolute Gasteiger partial charge is 0.491 e. The number of ether oxygens (including phenoxy) is 1. The van der Waals surface area contributed by atoms with Gasteiger partial charge in [-0.25, -0.2) is 0 Å². The SMILES string of the molecule is Cc1c(OCC(C)(N)CC(C)C)ccc(-c2ccncc2)c1C. The maximum absolute atomic E-state index is 6.34. The molecule has 0 spiro atoms. The predicted molar refractivity (Wildman–Crippen MR) is 96.7 cm³/mol. The van der Waals surface area contributed by atoms with Crippen LogP contribution in [0.15, 0.2) is 36.7 Å². The number of hydrogen-bond donors (Lipinski definition) is 1. The number of nitrogens with two attached hydrogens (primary N) is 1. The van der Waals surface area contributed by atoms with Crippen molar-refractivity contribution in [2.24, 2.45) is 11.7 Å². The highest BCUT2D eigenvalue weighted by Crippen LogP contribution is 2.31. The highest BCUT2D eigenvalue weighted by molar-refractivity contribution is 5.69. The van der Waals surface area contributed by atoms with Gasteiger partial charge < -0.3 is 10.5 Å². The average molecular weight is 312 g/mol. The Morgan fingerprint density at radius 1 is 1.09 bits per heavy atom. The molecule has 0 saturated heterocycles. The summed E-state index contributed by atoms with van der Waals surface area (Å²) in [6.45, 7) is 11.2. The Morgan fingerprint density at radius 2 is 1.74 bits per heavy atom. The lowest BCUT2D eigenvalue weighted by Crippen LogP contribution is -2.43. The number of pyridine rings is 1. The van der Waals surface area contributed by atoms with E-state index in [1.807, 2.05) is 30.6 Å². The highest BCUT2D eigenvalue weighted by Gasteiger charge is 2.21. The fraction of sp³-hybridized carbons (Fsp3) is 0.450. The van der Waals surface area contributed by atoms with Crippen molar-refractivity contribution in [2.75, 3.05) is 6.61 Å². The maximum Gasteiger partial charge on any atom is 0.122 e. The van der Waals surface area contributed by atoms with Crippen LogP contribution in [0.5, 0.6) is 5.75 Å². The summed E-state index contributed by atoms with van der Waals surface area (Å²) in [6.07, 6.45) is 4.58. The minimum atomic E-state index is -0.307. The van der Waals surface area contributed by atoms with Gasteiger partial charge >= 0.3 is 0 Å². The predicted octanol–water partition coefficient (Wildman–Crippen LogP) is 4.51. The number of aromatic nitrogens is 1. The second-order valence-corrected chi connectivity index (χ2v) is 7.14. The van der Waals surface area contributed by atoms with Gasteiger partial charge in [0.25, 0.3) is 0 Å². The van der Waals surface area contributed by atoms with Gasteiger partial charge in [0.05, 0.1) is 0 Å². The molecule has 2 aromatic rings. The van der Waals surface area contributed by atoms with Gasteiger partial charge in [-0.3, -0.25) is 4.98 Å². The van der Waals surface area contributed by atoms with E-state index in [-0.39, 0.29) is 5.54 Å². The smallest absolute Gasteiger partial charge is 0.122 e. The van der Waals surface area contributed by atoms with E-state index in [4.69, 9.17) is 10.5 Å². The molecule has 2 N–H and O–H groups in total. The van der Waals surface area contributed by atoms with Crippen LogP contribution in [0, 0.1) is 19.8 Å². The zero-order valence-electron chi connectivity index (χ0n) is 14.9. The third-order valence-electron chi connectivity index (χ3n) is 4.16. The van der Waals surface area contributed by atoms with Crippen molar-refractivity contribution in [3.63, 3.8) is 0 Å². The molecule has 3 nitrogen and oxygen atoms in total. The fourth-order valence-electron chi connectivity index (χ4n) is 3.03. The molecule has 1 heterocycles. The molecule has 1 aromatic heterocycles. The van der Waals surface area contributed by atoms with Gasteiger partial charge in [0.2, 0.25) is 0 Å². The Kier molecular flexibility index (Phi) is 5.42. The third kappa shape index (κ3) is 4.55. The molecule has 0 fully saturated rings. The van der Waals surface area contributed by atoms with Crippen LogP contribution in [0.2, 0.25) is 0 Å². The van der Waals surface area contributed by atoms with Crippen molar-refractivity contribution >= 4 is 0 Å². The van der Waals surface area contributed by atoms with Gasteiger partial charge in [-0.1, -0.05) is 19.9 Å². The Bertz CT molecular complexity index is 648. The molecule has 1 unspecified atom stereocenters. The first kappa shape index (κ1) is 17.5. The van der Waals surface area contributed by atoms with Gasteiger partial charge in [-0.2, -0.15) is 0 Å². The maximum atomic E-state index is 6.34. The molecular formula is C20H28N2O. The average Bonchev–Trinajstić information content (AvgIpc) is 2.48. The lowest BCUT2D eigenvalue weighted by atomic mass is 9.92. The fourth-order valence-corrected chi connectivity index (χ4v) is 3.03. The molecule has 0 aliphatic carbocycles. The normalized spacial score (nSPS) is 13.9. The van der Waals surface area contributed by atoms with Gasteiger partial charge in [-0.05, 0) is 73.6 Å². The summed E-state index contributed by atoms with van der Waals surface area (Å²) in [6, 6.07) is 8.22. The Hall–Kier alpha value is -1.87. The van der Waals surface area contributed by atoms with E-state index >= 15 is 0 Å². The van der Waals surface area contributed by atoms with Crippen molar-refractivity contribution in [3.05, 3.63) is 47.8 Å². The van der Waals surface area contributed by atoms with E-state index in [0.29, 0.717) is 12.5 Å². The third-order valence-corrected chi connectivity index (χ3v) is 4.16. The van der Waals surface area contributed by atoms with Crippen molar-refractivity contribution in [3.8, 4) is 16.9 Å². The lowest BCUT2D eigenvalue weighted by Gasteiger charge is -2.27. The minimum Gasteiger partial charge on any atom is -0.491 e. The summed E-state index contributed by atoms with van der Waals surface area (Å²) in [4.78, 5) is 4.08. The van der Waals surface area contributed by atoms with Gasteiger partial charge in [0, 0.05) is 17.9 Å². The van der Waals surface area contributed by atoms with Crippen LogP contribution in [0.4, 0.5) is 0 Å². The van der Waals surface area contributed by atoms with E-state index in [2.05, 4.69) is 45.7 Å². The zero-order valence-corrected chi connectivity index (χ0v) is 14.9. The van der Waals surface area contributed by atoms with E-state index in [0.717, 1.165) is 12.2 Å². The Morgan fingerprint density at radius 3 is 2.35 bits per heavy atom. The van der Waals surface area contributed by atoms with Crippen LogP contribution in [0.25, 0.3) is 11.1 Å². The molecule has 0 bridgehead atoms. The van der Waals surface area contributed by atoms with E-state index < -0.39 is 0 Å². The summed E-state index contributed by atoms with van der Waals surface area (Å²) < 4.78 is 6.04. The van der Waals surface area contributed by atoms with Crippen LogP contribution >= 0.6 is 0 Å². The summed E-state index contributed by atoms with van der Waals surface area (Å²) in [5, 5.41) is 0. The first-order valence-electron chi connectivity index (χ1n) is 8.22. The molecule has 1 atom stereocenters. The molecular weight excluding hydrogens is 284 g/mol. The molecule has 0 aliphatic heterocycles. The van der Waals surface area contributed by atoms with Crippen molar-refractivity contribution < 1.29 is 4.74 Å². The summed E-state index contributed by atoms with van der Waals surface area (Å²) in [7, 11) is 0. The van der Waals surface area contributed by atoms with Crippen LogP contribution < -0.4 is 10.5 Å². The van der Waals surface area contributed by atoms with E-state index in [9.17, 15) is 0 Å². The number of hydrogen-bond acceptors (Lipinski definition) is 3. The highest BCUT2D eigenvalue weighted by atomic mass is 16.5. The molecule has 0 radical (unpaired) electrons. The molecule has 0 aliphatic rings. The summed E-state index contributed by atoms with van der Waals surface area (Å²) in [5.41, 5.74) is 10.8. The minimum absolute atomic E-state index is 0.307. The lowest BCUT2D eigenvalue weighted by molar-refractivity contribution is 0.205. The number of nitrogens with zero attached hydrogens (tertiary/aromatic N) is 1. The standard InChI is InChI=1S/C20H28N2O/c1-14(2)12-20(5,21)13-23-19-7-6-18(15(3)16(19)4)17-8-10-22-11-9-17/h6-11,14H,12-13,21H2,1-5H3. The molecule has 2 rings (SSSR count). The summed E-state index contributed by atoms with van der Waals surface area (Å²) >= 11 is 0. The number of rotatable bonds is 6. The van der Waals surface area contributed by atoms with Crippen molar-refractivity contribution in [2.45, 2.75) is 46.6 Å². The Labute approximate surface area is 139 Å². The van der Waals surface area contributed by atoms with Crippen molar-refractivity contribution in [1.82, 2.24) is 4.98 Å². The van der Waals surface area contributed by atoms with E-state index in [1.165, 1.54) is 22.3 Å². The van der Waals surface area contributed by atoms with E-state index in [1.54, 1.807) is 0 Å². The van der Waals surface area contributed by atoms with Crippen LogP contribution in [-0.4, -0.2) is 17.1 Å². The van der Waals surface area contributed by atoms with Gasteiger partial charge in [0.15, 0.2) is 0 Å². The summed E-state index contributed by atoms with van der Waals surface area (Å²) in [5.74, 6) is 1.48. The molecule has 23 heavy (non-hydrogen) atoms. The molecule has 1 aromatic carbocycles. The first-order chi connectivity index (χ1) is 10.8. The van der Waals surface area contributed by atoms with Gasteiger partial charge in [0.1, 0.15) is 12.4 Å².